The minimum atomic E-state index is -0.565. The highest BCUT2D eigenvalue weighted by atomic mass is 79.9. The SMILES string of the molecule is CCOC(=O)c1cnc2c(F)cc(Br)cc2c1NN. The van der Waals surface area contributed by atoms with Crippen molar-refractivity contribution in [2.45, 2.75) is 6.92 Å². The molecule has 0 spiro atoms. The number of fused-ring (bicyclic) bond motifs is 1. The first-order valence-electron chi connectivity index (χ1n) is 5.50. The molecular weight excluding hydrogens is 317 g/mol. The van der Waals surface area contributed by atoms with Crippen LogP contribution in [0.3, 0.4) is 0 Å². The molecule has 0 saturated heterocycles. The molecule has 1 aromatic heterocycles. The second kappa shape index (κ2) is 5.50. The molecule has 0 unspecified atom stereocenters. The van der Waals surface area contributed by atoms with Crippen LogP contribution < -0.4 is 11.3 Å². The van der Waals surface area contributed by atoms with E-state index < -0.39 is 11.8 Å². The summed E-state index contributed by atoms with van der Waals surface area (Å²) in [6.07, 6.45) is 1.24. The fraction of sp³-hybridized carbons (Fsp3) is 0.167. The molecule has 0 radical (unpaired) electrons. The number of nitrogen functional groups attached to an aromatic ring is 1. The van der Waals surface area contributed by atoms with Gasteiger partial charge >= 0.3 is 5.97 Å². The summed E-state index contributed by atoms with van der Waals surface area (Å²) in [5.41, 5.74) is 2.98. The van der Waals surface area contributed by atoms with E-state index in [0.29, 0.717) is 9.86 Å². The van der Waals surface area contributed by atoms with Crippen molar-refractivity contribution in [3.05, 3.63) is 34.2 Å². The summed E-state index contributed by atoms with van der Waals surface area (Å²) in [5.74, 6) is 4.36. The lowest BCUT2D eigenvalue weighted by Crippen LogP contribution is -2.15. The Hall–Kier alpha value is -1.73. The normalized spacial score (nSPS) is 10.5. The average molecular weight is 328 g/mol. The van der Waals surface area contributed by atoms with E-state index in [1.165, 1.54) is 12.3 Å². The third-order valence-electron chi connectivity index (χ3n) is 2.53. The van der Waals surface area contributed by atoms with E-state index in [9.17, 15) is 9.18 Å². The predicted octanol–water partition coefficient (Wildman–Crippen LogP) is 2.60. The average Bonchev–Trinajstić information content (AvgIpc) is 2.37. The number of nitrogens with two attached hydrogens (primary N) is 1. The highest BCUT2D eigenvalue weighted by Gasteiger charge is 2.18. The number of rotatable bonds is 3. The third kappa shape index (κ3) is 2.52. The van der Waals surface area contributed by atoms with Crippen LogP contribution >= 0.6 is 15.9 Å². The zero-order chi connectivity index (χ0) is 14.0. The lowest BCUT2D eigenvalue weighted by Gasteiger charge is -2.11. The summed E-state index contributed by atoms with van der Waals surface area (Å²) >= 11 is 3.19. The number of anilines is 1. The maximum atomic E-state index is 13.8. The molecule has 0 bridgehead atoms. The van der Waals surface area contributed by atoms with Gasteiger partial charge in [0.15, 0.2) is 5.82 Å². The van der Waals surface area contributed by atoms with E-state index >= 15 is 0 Å². The lowest BCUT2D eigenvalue weighted by atomic mass is 10.1. The monoisotopic (exact) mass is 327 g/mol. The van der Waals surface area contributed by atoms with Crippen molar-refractivity contribution in [1.82, 2.24) is 4.98 Å². The Balaban J connectivity index is 2.72. The molecule has 0 fully saturated rings. The van der Waals surface area contributed by atoms with Gasteiger partial charge < -0.3 is 10.2 Å². The molecule has 5 nitrogen and oxygen atoms in total. The molecule has 0 aliphatic carbocycles. The number of benzene rings is 1. The largest absolute Gasteiger partial charge is 0.462 e. The Labute approximate surface area is 117 Å². The van der Waals surface area contributed by atoms with Crippen molar-refractivity contribution in [2.75, 3.05) is 12.0 Å². The number of carbonyl (C=O) groups is 1. The summed E-state index contributed by atoms with van der Waals surface area (Å²) in [4.78, 5) is 15.7. The molecular formula is C12H11BrFN3O2. The molecule has 0 amide bonds. The molecule has 19 heavy (non-hydrogen) atoms. The Morgan fingerprint density at radius 1 is 1.58 bits per heavy atom. The fourth-order valence-corrected chi connectivity index (χ4v) is 2.18. The Morgan fingerprint density at radius 2 is 2.32 bits per heavy atom. The number of aromatic nitrogens is 1. The number of hydrazine groups is 1. The third-order valence-corrected chi connectivity index (χ3v) is 2.99. The van der Waals surface area contributed by atoms with E-state index in [0.717, 1.165) is 0 Å². The quantitative estimate of drug-likeness (QED) is 0.514. The Bertz CT molecular complexity index is 648. The first kappa shape index (κ1) is 13.7. The number of carbonyl (C=O) groups excluding carboxylic acids is 1. The molecule has 1 aromatic carbocycles. The molecule has 0 saturated carbocycles. The molecule has 2 aromatic rings. The number of esters is 1. The van der Waals surface area contributed by atoms with Crippen molar-refractivity contribution in [3.63, 3.8) is 0 Å². The number of hydrogen-bond acceptors (Lipinski definition) is 5. The van der Waals surface area contributed by atoms with Crippen molar-refractivity contribution in [1.29, 1.82) is 0 Å². The molecule has 0 aliphatic heterocycles. The summed E-state index contributed by atoms with van der Waals surface area (Å²) in [5, 5.41) is 0.403. The summed E-state index contributed by atoms with van der Waals surface area (Å²) in [6.45, 7) is 1.92. The molecule has 2 rings (SSSR count). The smallest absolute Gasteiger partial charge is 0.341 e. The Morgan fingerprint density at radius 3 is 2.95 bits per heavy atom. The molecule has 1 heterocycles. The van der Waals surface area contributed by atoms with Gasteiger partial charge in [0, 0.05) is 16.1 Å². The van der Waals surface area contributed by atoms with Gasteiger partial charge in [-0.25, -0.2) is 9.18 Å². The van der Waals surface area contributed by atoms with Crippen molar-refractivity contribution >= 4 is 38.5 Å². The molecule has 0 aliphatic rings. The van der Waals surface area contributed by atoms with E-state index in [1.54, 1.807) is 13.0 Å². The van der Waals surface area contributed by atoms with Gasteiger partial charge in [-0.2, -0.15) is 0 Å². The van der Waals surface area contributed by atoms with Gasteiger partial charge in [-0.3, -0.25) is 10.8 Å². The number of hydrogen-bond donors (Lipinski definition) is 2. The van der Waals surface area contributed by atoms with Gasteiger partial charge in [-0.1, -0.05) is 15.9 Å². The second-order valence-corrected chi connectivity index (χ2v) is 4.61. The van der Waals surface area contributed by atoms with Gasteiger partial charge in [0.1, 0.15) is 11.1 Å². The number of pyridine rings is 1. The highest BCUT2D eigenvalue weighted by molar-refractivity contribution is 9.10. The zero-order valence-electron chi connectivity index (χ0n) is 10.0. The molecule has 0 atom stereocenters. The van der Waals surface area contributed by atoms with Gasteiger partial charge in [0.05, 0.1) is 12.3 Å². The predicted molar refractivity (Wildman–Crippen MR) is 73.2 cm³/mol. The lowest BCUT2D eigenvalue weighted by molar-refractivity contribution is 0.0527. The van der Waals surface area contributed by atoms with E-state index in [1.807, 2.05) is 0 Å². The van der Waals surface area contributed by atoms with E-state index in [4.69, 9.17) is 10.6 Å². The number of nitrogens with one attached hydrogen (secondary N) is 1. The van der Waals surface area contributed by atoms with E-state index in [2.05, 4.69) is 26.3 Å². The number of halogens is 2. The van der Waals surface area contributed by atoms with Crippen LogP contribution in [-0.4, -0.2) is 17.6 Å². The molecule has 100 valence electrons. The maximum absolute atomic E-state index is 13.8. The number of nitrogens with zero attached hydrogens (tertiary/aromatic N) is 1. The van der Waals surface area contributed by atoms with Crippen molar-refractivity contribution in [2.24, 2.45) is 5.84 Å². The standard InChI is InChI=1S/C12H11BrFN3O2/c1-2-19-12(18)8-5-16-11-7(10(8)17-15)3-6(13)4-9(11)14/h3-5H,2,15H2,1H3,(H,16,17). The first-order valence-corrected chi connectivity index (χ1v) is 6.29. The topological polar surface area (TPSA) is 77.2 Å². The van der Waals surface area contributed by atoms with Gasteiger partial charge in [0.25, 0.3) is 0 Å². The zero-order valence-corrected chi connectivity index (χ0v) is 11.6. The van der Waals surface area contributed by atoms with Crippen molar-refractivity contribution in [3.8, 4) is 0 Å². The van der Waals surface area contributed by atoms with Crippen LogP contribution in [-0.2, 0) is 4.74 Å². The van der Waals surface area contributed by atoms with Crippen LogP contribution in [0.4, 0.5) is 10.1 Å². The first-order chi connectivity index (χ1) is 9.08. The van der Waals surface area contributed by atoms with Crippen molar-refractivity contribution < 1.29 is 13.9 Å². The van der Waals surface area contributed by atoms with Gasteiger partial charge in [-0.15, -0.1) is 0 Å². The summed E-state index contributed by atoms with van der Waals surface area (Å²) in [6, 6.07) is 2.92. The molecule has 3 N–H and O–H groups in total. The van der Waals surface area contributed by atoms with Crippen LogP contribution in [0.15, 0.2) is 22.8 Å². The second-order valence-electron chi connectivity index (χ2n) is 3.70. The van der Waals surface area contributed by atoms with Crippen LogP contribution in [0.1, 0.15) is 17.3 Å². The minimum absolute atomic E-state index is 0.129. The fourth-order valence-electron chi connectivity index (χ4n) is 1.75. The maximum Gasteiger partial charge on any atom is 0.341 e. The molecule has 7 heteroatoms. The minimum Gasteiger partial charge on any atom is -0.462 e. The number of ether oxygens (including phenoxy) is 1. The Kier molecular flexibility index (Phi) is 3.96. The van der Waals surface area contributed by atoms with Gasteiger partial charge in [-0.05, 0) is 19.1 Å². The van der Waals surface area contributed by atoms with Crippen LogP contribution in [0.5, 0.6) is 0 Å². The van der Waals surface area contributed by atoms with Gasteiger partial charge in [0.2, 0.25) is 0 Å². The van der Waals surface area contributed by atoms with Crippen LogP contribution in [0, 0.1) is 5.82 Å². The summed E-state index contributed by atoms with van der Waals surface area (Å²) in [7, 11) is 0. The van der Waals surface area contributed by atoms with Crippen LogP contribution in [0.25, 0.3) is 10.9 Å². The van der Waals surface area contributed by atoms with Crippen LogP contribution in [0.2, 0.25) is 0 Å². The summed E-state index contributed by atoms with van der Waals surface area (Å²) < 4.78 is 19.2. The van der Waals surface area contributed by atoms with E-state index in [-0.39, 0.29) is 23.4 Å². The highest BCUT2D eigenvalue weighted by Crippen LogP contribution is 2.30.